The van der Waals surface area contributed by atoms with Crippen molar-refractivity contribution in [2.75, 3.05) is 36.2 Å². The molecular weight excluding hydrogens is 609 g/mol. The zero-order valence-electron chi connectivity index (χ0n) is 26.1. The number of amides is 2. The van der Waals surface area contributed by atoms with Crippen molar-refractivity contribution in [2.45, 2.75) is 77.6 Å². The first-order chi connectivity index (χ1) is 21.1. The fourth-order valence-electron chi connectivity index (χ4n) is 4.60. The average molecular weight is 649 g/mol. The van der Waals surface area contributed by atoms with Crippen molar-refractivity contribution in [1.82, 2.24) is 5.32 Å². The second-order valence-corrected chi connectivity index (χ2v) is 12.3. The number of nitrogens with zero attached hydrogens (tertiary/aromatic N) is 3. The lowest BCUT2D eigenvalue weighted by Crippen LogP contribution is -2.44. The highest BCUT2D eigenvalue weighted by atomic mass is 32.1. The minimum absolute atomic E-state index is 0.0259. The summed E-state index contributed by atoms with van der Waals surface area (Å²) < 4.78 is 57.3. The molecule has 2 aromatic carbocycles. The lowest BCUT2D eigenvalue weighted by atomic mass is 10.0. The number of alkyl halides is 3. The van der Waals surface area contributed by atoms with Crippen molar-refractivity contribution in [1.29, 1.82) is 5.26 Å². The molecule has 0 aliphatic carbocycles. The van der Waals surface area contributed by atoms with Gasteiger partial charge in [-0.15, -0.1) is 0 Å². The number of benzene rings is 2. The maximum absolute atomic E-state index is 13.6. The zero-order chi connectivity index (χ0) is 33.4. The number of thiocarbonyl (C=S) groups is 1. The number of carbonyl (C=O) groups excluding carboxylic acids is 2. The summed E-state index contributed by atoms with van der Waals surface area (Å²) in [4.78, 5) is 27.6. The quantitative estimate of drug-likeness (QED) is 0.183. The van der Waals surface area contributed by atoms with Gasteiger partial charge in [0.2, 0.25) is 0 Å². The molecule has 1 heterocycles. The monoisotopic (exact) mass is 648 g/mol. The maximum Gasteiger partial charge on any atom is 0.417 e. The Bertz CT molecular complexity index is 1400. The number of anilines is 2. The van der Waals surface area contributed by atoms with Crippen LogP contribution >= 0.6 is 12.2 Å². The van der Waals surface area contributed by atoms with Crippen molar-refractivity contribution in [3.63, 3.8) is 0 Å². The van der Waals surface area contributed by atoms with Crippen molar-refractivity contribution in [2.24, 2.45) is 0 Å². The van der Waals surface area contributed by atoms with E-state index in [1.807, 2.05) is 20.8 Å². The van der Waals surface area contributed by atoms with Gasteiger partial charge in [0.25, 0.3) is 5.91 Å². The molecule has 0 unspecified atom stereocenters. The summed E-state index contributed by atoms with van der Waals surface area (Å²) in [7, 11) is 0. The molecule has 9 nitrogen and oxygen atoms in total. The predicted molar refractivity (Wildman–Crippen MR) is 168 cm³/mol. The van der Waals surface area contributed by atoms with Crippen molar-refractivity contribution in [3.8, 4) is 11.8 Å². The van der Waals surface area contributed by atoms with Crippen LogP contribution in [-0.4, -0.2) is 54.6 Å². The molecule has 1 N–H and O–H groups in total. The smallest absolute Gasteiger partial charge is 0.417 e. The fraction of sp³-hybridized carbons (Fsp3) is 0.500. The van der Waals surface area contributed by atoms with Gasteiger partial charge in [-0.25, -0.2) is 4.79 Å². The van der Waals surface area contributed by atoms with Crippen LogP contribution in [0.25, 0.3) is 0 Å². The van der Waals surface area contributed by atoms with Crippen LogP contribution in [0, 0.1) is 11.3 Å². The Balaban J connectivity index is 1.45. The van der Waals surface area contributed by atoms with Crippen molar-refractivity contribution < 1.29 is 37.0 Å². The predicted octanol–water partition coefficient (Wildman–Crippen LogP) is 6.97. The molecule has 3 rings (SSSR count). The summed E-state index contributed by atoms with van der Waals surface area (Å²) >= 11 is 5.58. The van der Waals surface area contributed by atoms with Gasteiger partial charge < -0.3 is 24.4 Å². The van der Waals surface area contributed by atoms with Crippen LogP contribution in [0.4, 0.5) is 29.3 Å². The van der Waals surface area contributed by atoms with Gasteiger partial charge in [0, 0.05) is 25.4 Å². The molecule has 1 aliphatic heterocycles. The Labute approximate surface area is 267 Å². The van der Waals surface area contributed by atoms with E-state index in [-0.39, 0.29) is 10.8 Å². The van der Waals surface area contributed by atoms with Gasteiger partial charge in [-0.05, 0) is 115 Å². The van der Waals surface area contributed by atoms with E-state index in [9.17, 15) is 22.8 Å². The summed E-state index contributed by atoms with van der Waals surface area (Å²) in [6.45, 7) is 10.9. The van der Waals surface area contributed by atoms with Gasteiger partial charge in [-0.3, -0.25) is 9.69 Å². The van der Waals surface area contributed by atoms with Crippen LogP contribution in [0.3, 0.4) is 0 Å². The standard InChI is InChI=1S/C32H39F3N4O5S/c1-30(2,3)44-28(41)37-16-9-18-42-17-7-6-8-19-43-25-14-12-23(13-15-25)39-29(45)38(27(40)31(39,4)5)24-11-10-22(21-36)26(20-24)32(33,34)35/h10-15,20H,6-9,16-19H2,1-5H3,(H,37,41). The molecule has 244 valence electrons. The van der Waals surface area contributed by atoms with E-state index in [2.05, 4.69) is 5.32 Å². The molecule has 0 radical (unpaired) electrons. The molecule has 0 spiro atoms. The number of unbranched alkanes of at least 4 members (excludes halogenated alkanes) is 2. The largest absolute Gasteiger partial charge is 0.494 e. The molecule has 1 fully saturated rings. The van der Waals surface area contributed by atoms with E-state index in [4.69, 9.17) is 31.7 Å². The topological polar surface area (TPSA) is 104 Å². The van der Waals surface area contributed by atoms with Crippen molar-refractivity contribution >= 4 is 40.7 Å². The Kier molecular flexibility index (Phi) is 11.8. The first kappa shape index (κ1) is 35.6. The zero-order valence-corrected chi connectivity index (χ0v) is 26.9. The van der Waals surface area contributed by atoms with Crippen LogP contribution in [0.2, 0.25) is 0 Å². The fourth-order valence-corrected chi connectivity index (χ4v) is 5.13. The second kappa shape index (κ2) is 14.9. The van der Waals surface area contributed by atoms with Gasteiger partial charge in [0.05, 0.1) is 29.5 Å². The third-order valence-electron chi connectivity index (χ3n) is 6.79. The Morgan fingerprint density at radius 1 is 0.978 bits per heavy atom. The van der Waals surface area contributed by atoms with Crippen LogP contribution in [-0.2, 0) is 20.4 Å². The number of alkyl carbamates (subject to hydrolysis) is 1. The van der Waals surface area contributed by atoms with E-state index < -0.39 is 40.4 Å². The second-order valence-electron chi connectivity index (χ2n) is 12.0. The third-order valence-corrected chi connectivity index (χ3v) is 7.15. The molecule has 13 heteroatoms. The average Bonchev–Trinajstić information content (AvgIpc) is 3.13. The van der Waals surface area contributed by atoms with Crippen LogP contribution in [0.5, 0.6) is 5.75 Å². The minimum Gasteiger partial charge on any atom is -0.494 e. The molecule has 0 saturated carbocycles. The van der Waals surface area contributed by atoms with Crippen LogP contribution in [0.1, 0.15) is 71.4 Å². The van der Waals surface area contributed by atoms with Crippen LogP contribution in [0.15, 0.2) is 42.5 Å². The van der Waals surface area contributed by atoms with Crippen molar-refractivity contribution in [3.05, 3.63) is 53.6 Å². The van der Waals surface area contributed by atoms with Gasteiger partial charge in [0.15, 0.2) is 5.11 Å². The lowest BCUT2D eigenvalue weighted by Gasteiger charge is -2.29. The first-order valence-electron chi connectivity index (χ1n) is 14.6. The number of hydrogen-bond acceptors (Lipinski definition) is 7. The number of hydrogen-bond donors (Lipinski definition) is 1. The number of nitrogens with one attached hydrogen (secondary N) is 1. The number of rotatable bonds is 13. The van der Waals surface area contributed by atoms with Gasteiger partial charge in [0.1, 0.15) is 16.9 Å². The van der Waals surface area contributed by atoms with E-state index in [1.165, 1.54) is 6.07 Å². The summed E-state index contributed by atoms with van der Waals surface area (Å²) in [6, 6.07) is 11.6. The molecule has 2 amide bonds. The molecule has 0 aromatic heterocycles. The number of nitriles is 1. The molecular formula is C32H39F3N4O5S. The minimum atomic E-state index is -4.77. The summed E-state index contributed by atoms with van der Waals surface area (Å²) in [5.74, 6) is 0.132. The molecule has 1 aliphatic rings. The van der Waals surface area contributed by atoms with Crippen LogP contribution < -0.4 is 19.9 Å². The third kappa shape index (κ3) is 9.55. The van der Waals surface area contributed by atoms with Gasteiger partial charge >= 0.3 is 12.3 Å². The summed E-state index contributed by atoms with van der Waals surface area (Å²) in [6.07, 6.45) is -1.91. The molecule has 2 aromatic rings. The van der Waals surface area contributed by atoms with E-state index >= 15 is 0 Å². The molecule has 45 heavy (non-hydrogen) atoms. The normalized spacial score (nSPS) is 14.8. The number of halogens is 3. The highest BCUT2D eigenvalue weighted by molar-refractivity contribution is 7.81. The maximum atomic E-state index is 13.6. The highest BCUT2D eigenvalue weighted by Gasteiger charge is 2.50. The lowest BCUT2D eigenvalue weighted by molar-refractivity contribution is -0.137. The van der Waals surface area contributed by atoms with Gasteiger partial charge in [-0.2, -0.15) is 18.4 Å². The Morgan fingerprint density at radius 3 is 2.22 bits per heavy atom. The van der Waals surface area contributed by atoms with E-state index in [0.717, 1.165) is 36.3 Å². The summed E-state index contributed by atoms with van der Waals surface area (Å²) in [5, 5.41) is 11.8. The van der Waals surface area contributed by atoms with E-state index in [1.54, 1.807) is 49.1 Å². The Morgan fingerprint density at radius 2 is 1.60 bits per heavy atom. The molecule has 0 atom stereocenters. The number of ether oxygens (including phenoxy) is 3. The Hall–Kier alpha value is -3.89. The molecule has 1 saturated heterocycles. The first-order valence-corrected chi connectivity index (χ1v) is 15.0. The van der Waals surface area contributed by atoms with E-state index in [0.29, 0.717) is 44.2 Å². The number of carbonyl (C=O) groups is 2. The SMILES string of the molecule is CC(C)(C)OC(=O)NCCCOCCCCCOc1ccc(N2C(=S)N(c3ccc(C#N)c(C(F)(F)F)c3)C(=O)C2(C)C)cc1. The molecule has 0 bridgehead atoms. The van der Waals surface area contributed by atoms with Gasteiger partial charge in [-0.1, -0.05) is 0 Å². The highest BCUT2D eigenvalue weighted by Crippen LogP contribution is 2.40. The summed E-state index contributed by atoms with van der Waals surface area (Å²) in [5.41, 5.74) is -2.85.